The lowest BCUT2D eigenvalue weighted by molar-refractivity contribution is -0.136. The number of carbonyl (C=O) groups excluding carboxylic acids is 1. The van der Waals surface area contributed by atoms with Crippen LogP contribution >= 0.6 is 0 Å². The standard InChI is InChI=1S/C17H28O2/c1-7-16(12-15(5)17(18)19-6)11-14(4)10-8-9-13(2)3/h9,11,16H,5,7-8,10,12H2,1-4,6H3/b14-11+. The van der Waals surface area contributed by atoms with Crippen molar-refractivity contribution in [1.82, 2.24) is 0 Å². The molecule has 0 N–H and O–H groups in total. The normalized spacial score (nSPS) is 12.8. The zero-order valence-electron chi connectivity index (χ0n) is 13.1. The Morgan fingerprint density at radius 1 is 1.32 bits per heavy atom. The van der Waals surface area contributed by atoms with Gasteiger partial charge in [-0.15, -0.1) is 0 Å². The summed E-state index contributed by atoms with van der Waals surface area (Å²) in [6, 6.07) is 0. The van der Waals surface area contributed by atoms with Gasteiger partial charge < -0.3 is 4.74 Å². The van der Waals surface area contributed by atoms with E-state index in [1.165, 1.54) is 18.3 Å². The predicted octanol–water partition coefficient (Wildman–Crippen LogP) is 4.82. The molecule has 0 aliphatic rings. The maximum absolute atomic E-state index is 11.3. The van der Waals surface area contributed by atoms with Crippen molar-refractivity contribution in [3.05, 3.63) is 35.5 Å². The topological polar surface area (TPSA) is 26.3 Å². The Morgan fingerprint density at radius 3 is 2.42 bits per heavy atom. The number of hydrogen-bond donors (Lipinski definition) is 0. The van der Waals surface area contributed by atoms with Gasteiger partial charge in [0.1, 0.15) is 0 Å². The fraction of sp³-hybridized carbons (Fsp3) is 0.588. The van der Waals surface area contributed by atoms with Crippen molar-refractivity contribution in [1.29, 1.82) is 0 Å². The molecule has 1 atom stereocenters. The first-order valence-electron chi connectivity index (χ1n) is 6.97. The quantitative estimate of drug-likeness (QED) is 0.357. The molecule has 0 aliphatic heterocycles. The highest BCUT2D eigenvalue weighted by atomic mass is 16.5. The van der Waals surface area contributed by atoms with Crippen LogP contribution in [0.3, 0.4) is 0 Å². The first-order chi connectivity index (χ1) is 8.90. The summed E-state index contributed by atoms with van der Waals surface area (Å²) >= 11 is 0. The van der Waals surface area contributed by atoms with Crippen molar-refractivity contribution in [2.45, 2.75) is 53.4 Å². The first kappa shape index (κ1) is 17.7. The largest absolute Gasteiger partial charge is 0.466 e. The number of methoxy groups -OCH3 is 1. The molecule has 0 amide bonds. The van der Waals surface area contributed by atoms with Gasteiger partial charge in [0.2, 0.25) is 0 Å². The number of ether oxygens (including phenoxy) is 1. The lowest BCUT2D eigenvalue weighted by Gasteiger charge is -2.12. The maximum Gasteiger partial charge on any atom is 0.333 e. The number of esters is 1. The fourth-order valence-electron chi connectivity index (χ4n) is 1.94. The SMILES string of the molecule is C=C(CC(/C=C(\C)CCC=C(C)C)CC)C(=O)OC. The van der Waals surface area contributed by atoms with Gasteiger partial charge in [0.15, 0.2) is 0 Å². The third kappa shape index (κ3) is 8.41. The maximum atomic E-state index is 11.3. The summed E-state index contributed by atoms with van der Waals surface area (Å²) < 4.78 is 4.69. The molecule has 2 nitrogen and oxygen atoms in total. The molecule has 0 saturated carbocycles. The minimum Gasteiger partial charge on any atom is -0.466 e. The van der Waals surface area contributed by atoms with Crippen LogP contribution in [0, 0.1) is 5.92 Å². The molecule has 108 valence electrons. The van der Waals surface area contributed by atoms with Crippen molar-refractivity contribution in [2.24, 2.45) is 5.92 Å². The molecule has 0 aromatic rings. The highest BCUT2D eigenvalue weighted by Gasteiger charge is 2.12. The van der Waals surface area contributed by atoms with Crippen molar-refractivity contribution < 1.29 is 9.53 Å². The Labute approximate surface area is 118 Å². The summed E-state index contributed by atoms with van der Waals surface area (Å²) in [7, 11) is 1.40. The van der Waals surface area contributed by atoms with Crippen LogP contribution in [0.1, 0.15) is 53.4 Å². The van der Waals surface area contributed by atoms with Crippen molar-refractivity contribution >= 4 is 5.97 Å². The van der Waals surface area contributed by atoms with Crippen molar-refractivity contribution in [3.63, 3.8) is 0 Å². The highest BCUT2D eigenvalue weighted by Crippen LogP contribution is 2.20. The third-order valence-electron chi connectivity index (χ3n) is 3.12. The molecule has 2 heteroatoms. The Morgan fingerprint density at radius 2 is 1.95 bits per heavy atom. The molecule has 0 fully saturated rings. The number of allylic oxidation sites excluding steroid dienone is 4. The summed E-state index contributed by atoms with van der Waals surface area (Å²) in [4.78, 5) is 11.3. The van der Waals surface area contributed by atoms with Gasteiger partial charge in [0.05, 0.1) is 7.11 Å². The Bertz CT molecular complexity index is 357. The van der Waals surface area contributed by atoms with Crippen LogP contribution in [0.5, 0.6) is 0 Å². The molecule has 1 unspecified atom stereocenters. The van der Waals surface area contributed by atoms with E-state index in [9.17, 15) is 4.79 Å². The van der Waals surface area contributed by atoms with E-state index >= 15 is 0 Å². The van der Waals surface area contributed by atoms with E-state index < -0.39 is 0 Å². The molecule has 0 aromatic carbocycles. The molecule has 0 rings (SSSR count). The zero-order chi connectivity index (χ0) is 14.8. The van der Waals surface area contributed by atoms with Gasteiger partial charge in [0.25, 0.3) is 0 Å². The minimum absolute atomic E-state index is 0.297. The summed E-state index contributed by atoms with van der Waals surface area (Å²) in [5.74, 6) is 0.0762. The molecule has 0 spiro atoms. The van der Waals surface area contributed by atoms with Crippen molar-refractivity contribution in [2.75, 3.05) is 7.11 Å². The van der Waals surface area contributed by atoms with E-state index in [0.717, 1.165) is 19.3 Å². The van der Waals surface area contributed by atoms with Crippen LogP contribution in [0.15, 0.2) is 35.5 Å². The highest BCUT2D eigenvalue weighted by molar-refractivity contribution is 5.87. The number of hydrogen-bond acceptors (Lipinski definition) is 2. The van der Waals surface area contributed by atoms with E-state index in [1.807, 2.05) is 0 Å². The van der Waals surface area contributed by atoms with E-state index in [4.69, 9.17) is 0 Å². The van der Waals surface area contributed by atoms with Crippen molar-refractivity contribution in [3.8, 4) is 0 Å². The summed E-state index contributed by atoms with van der Waals surface area (Å²) in [6.45, 7) is 12.3. The second-order valence-corrected chi connectivity index (χ2v) is 5.30. The Hall–Kier alpha value is -1.31. The van der Waals surface area contributed by atoms with Gasteiger partial charge in [-0.25, -0.2) is 4.79 Å². The van der Waals surface area contributed by atoms with Crippen LogP contribution in [-0.4, -0.2) is 13.1 Å². The summed E-state index contributed by atoms with van der Waals surface area (Å²) in [5, 5.41) is 0. The third-order valence-corrected chi connectivity index (χ3v) is 3.12. The molecule has 0 radical (unpaired) electrons. The van der Waals surface area contributed by atoms with Gasteiger partial charge in [-0.2, -0.15) is 0 Å². The molecule has 0 bridgehead atoms. The number of rotatable bonds is 8. The van der Waals surface area contributed by atoms with Gasteiger partial charge in [-0.05, 0) is 52.4 Å². The Kier molecular flexibility index (Phi) is 8.94. The van der Waals surface area contributed by atoms with Gasteiger partial charge in [-0.3, -0.25) is 0 Å². The average Bonchev–Trinajstić information content (AvgIpc) is 2.36. The molecular weight excluding hydrogens is 236 g/mol. The first-order valence-corrected chi connectivity index (χ1v) is 6.97. The lowest BCUT2D eigenvalue weighted by atomic mass is 9.94. The second kappa shape index (κ2) is 9.60. The average molecular weight is 264 g/mol. The van der Waals surface area contributed by atoms with Gasteiger partial charge >= 0.3 is 5.97 Å². The lowest BCUT2D eigenvalue weighted by Crippen LogP contribution is -2.08. The summed E-state index contributed by atoms with van der Waals surface area (Å²) in [5.41, 5.74) is 3.30. The fourth-order valence-corrected chi connectivity index (χ4v) is 1.94. The molecule has 0 aliphatic carbocycles. The number of carbonyl (C=O) groups is 1. The van der Waals surface area contributed by atoms with Crippen LogP contribution < -0.4 is 0 Å². The Balaban J connectivity index is 4.40. The molecular formula is C17H28O2. The van der Waals surface area contributed by atoms with Gasteiger partial charge in [-0.1, -0.05) is 36.8 Å². The zero-order valence-corrected chi connectivity index (χ0v) is 13.1. The molecule has 0 aromatic heterocycles. The summed E-state index contributed by atoms with van der Waals surface area (Å²) in [6.07, 6.45) is 8.38. The minimum atomic E-state index is -0.297. The van der Waals surface area contributed by atoms with Crippen LogP contribution in [0.25, 0.3) is 0 Å². The molecule has 0 heterocycles. The predicted molar refractivity (Wildman–Crippen MR) is 82.0 cm³/mol. The van der Waals surface area contributed by atoms with E-state index in [0.29, 0.717) is 17.9 Å². The molecule has 19 heavy (non-hydrogen) atoms. The van der Waals surface area contributed by atoms with E-state index in [-0.39, 0.29) is 5.97 Å². The van der Waals surface area contributed by atoms with Crippen LogP contribution in [-0.2, 0) is 9.53 Å². The van der Waals surface area contributed by atoms with Gasteiger partial charge in [0, 0.05) is 5.57 Å². The van der Waals surface area contributed by atoms with Crippen LogP contribution in [0.4, 0.5) is 0 Å². The van der Waals surface area contributed by atoms with E-state index in [2.05, 4.69) is 51.2 Å². The van der Waals surface area contributed by atoms with Crippen LogP contribution in [0.2, 0.25) is 0 Å². The second-order valence-electron chi connectivity index (χ2n) is 5.30. The molecule has 0 saturated heterocycles. The monoisotopic (exact) mass is 264 g/mol. The smallest absolute Gasteiger partial charge is 0.333 e. The van der Waals surface area contributed by atoms with E-state index in [1.54, 1.807) is 0 Å².